The zero-order chi connectivity index (χ0) is 15.7. The highest BCUT2D eigenvalue weighted by Gasteiger charge is 2.15. The van der Waals surface area contributed by atoms with E-state index < -0.39 is 0 Å². The van der Waals surface area contributed by atoms with Gasteiger partial charge >= 0.3 is 0 Å². The lowest BCUT2D eigenvalue weighted by atomic mass is 10.2. The van der Waals surface area contributed by atoms with Crippen molar-refractivity contribution in [2.24, 2.45) is 7.05 Å². The van der Waals surface area contributed by atoms with Gasteiger partial charge in [0.2, 0.25) is 0 Å². The number of carbonyl (C=O) groups is 1. The third-order valence-electron chi connectivity index (χ3n) is 3.59. The van der Waals surface area contributed by atoms with Gasteiger partial charge < -0.3 is 14.6 Å². The average Bonchev–Trinajstić information content (AvgIpc) is 2.98. The fourth-order valence-corrected chi connectivity index (χ4v) is 3.56. The maximum Gasteiger partial charge on any atom is 0.261 e. The van der Waals surface area contributed by atoms with Gasteiger partial charge in [-0.1, -0.05) is 18.2 Å². The third kappa shape index (κ3) is 2.40. The molecule has 0 bridgehead atoms. The number of nitrogens with one attached hydrogen (secondary N) is 1. The first-order chi connectivity index (χ1) is 10.6. The Morgan fingerprint density at radius 2 is 2.09 bits per heavy atom. The van der Waals surface area contributed by atoms with Crippen molar-refractivity contribution in [2.45, 2.75) is 0 Å². The number of hydrogen-bond donors (Lipinski definition) is 1. The SMILES string of the molecule is COCCNC(=O)c1cc2c(=O)n(C)c3ccccc3c2s1. The Hall–Kier alpha value is -2.18. The first-order valence-corrected chi connectivity index (χ1v) is 7.73. The normalized spacial score (nSPS) is 11.2. The van der Waals surface area contributed by atoms with Gasteiger partial charge in [-0.25, -0.2) is 0 Å². The van der Waals surface area contributed by atoms with E-state index in [0.29, 0.717) is 23.4 Å². The number of fused-ring (bicyclic) bond motifs is 3. The number of para-hydroxylation sites is 1. The van der Waals surface area contributed by atoms with Crippen LogP contribution in [0.2, 0.25) is 0 Å². The van der Waals surface area contributed by atoms with Crippen molar-refractivity contribution in [3.05, 3.63) is 45.6 Å². The van der Waals surface area contributed by atoms with Crippen molar-refractivity contribution >= 4 is 38.2 Å². The number of rotatable bonds is 4. The summed E-state index contributed by atoms with van der Waals surface area (Å²) < 4.78 is 7.39. The van der Waals surface area contributed by atoms with Crippen LogP contribution in [0.25, 0.3) is 21.0 Å². The number of carbonyl (C=O) groups excluding carboxylic acids is 1. The number of aryl methyl sites for hydroxylation is 1. The number of thiophene rings is 1. The quantitative estimate of drug-likeness (QED) is 0.750. The molecule has 1 aromatic carbocycles. The van der Waals surface area contributed by atoms with Gasteiger partial charge in [-0.15, -0.1) is 11.3 Å². The summed E-state index contributed by atoms with van der Waals surface area (Å²) in [5, 5.41) is 4.35. The van der Waals surface area contributed by atoms with Gasteiger partial charge in [0, 0.05) is 30.8 Å². The monoisotopic (exact) mass is 316 g/mol. The number of hydrogen-bond acceptors (Lipinski definition) is 4. The van der Waals surface area contributed by atoms with Crippen molar-refractivity contribution in [2.75, 3.05) is 20.3 Å². The van der Waals surface area contributed by atoms with Gasteiger partial charge in [0.25, 0.3) is 11.5 Å². The molecule has 22 heavy (non-hydrogen) atoms. The molecular formula is C16H16N2O3S. The molecule has 0 saturated carbocycles. The van der Waals surface area contributed by atoms with E-state index in [9.17, 15) is 9.59 Å². The van der Waals surface area contributed by atoms with Gasteiger partial charge in [0.1, 0.15) is 0 Å². The maximum absolute atomic E-state index is 12.5. The van der Waals surface area contributed by atoms with E-state index in [-0.39, 0.29) is 11.5 Å². The molecule has 0 aliphatic carbocycles. The molecule has 3 aromatic rings. The molecule has 3 rings (SSSR count). The summed E-state index contributed by atoms with van der Waals surface area (Å²) in [6.45, 7) is 0.906. The summed E-state index contributed by atoms with van der Waals surface area (Å²) in [5.41, 5.74) is 0.786. The Balaban J connectivity index is 2.13. The smallest absolute Gasteiger partial charge is 0.261 e. The van der Waals surface area contributed by atoms with Crippen molar-refractivity contribution in [1.29, 1.82) is 0 Å². The lowest BCUT2D eigenvalue weighted by molar-refractivity contribution is 0.0941. The summed E-state index contributed by atoms with van der Waals surface area (Å²) >= 11 is 1.35. The third-order valence-corrected chi connectivity index (χ3v) is 4.76. The Morgan fingerprint density at radius 1 is 1.32 bits per heavy atom. The molecule has 2 heterocycles. The molecule has 0 saturated heterocycles. The van der Waals surface area contributed by atoms with E-state index >= 15 is 0 Å². The first kappa shape index (κ1) is 14.7. The molecule has 0 atom stereocenters. The minimum Gasteiger partial charge on any atom is -0.383 e. The number of methoxy groups -OCH3 is 1. The van der Waals surface area contributed by atoms with Crippen LogP contribution in [-0.4, -0.2) is 30.7 Å². The molecular weight excluding hydrogens is 300 g/mol. The molecule has 0 fully saturated rings. The molecule has 0 aliphatic heterocycles. The highest BCUT2D eigenvalue weighted by molar-refractivity contribution is 7.21. The van der Waals surface area contributed by atoms with Crippen molar-refractivity contribution in [3.8, 4) is 0 Å². The van der Waals surface area contributed by atoms with Crippen LogP contribution in [0.15, 0.2) is 35.1 Å². The Bertz CT molecular complexity index is 911. The van der Waals surface area contributed by atoms with Crippen LogP contribution in [0.4, 0.5) is 0 Å². The fraction of sp³-hybridized carbons (Fsp3) is 0.250. The standard InChI is InChI=1S/C16H16N2O3S/c1-18-12-6-4-3-5-10(12)14-11(16(18)20)9-13(22-14)15(19)17-7-8-21-2/h3-6,9H,7-8H2,1-2H3,(H,17,19). The van der Waals surface area contributed by atoms with Crippen LogP contribution in [-0.2, 0) is 11.8 Å². The Kier molecular flexibility index (Phi) is 3.96. The average molecular weight is 316 g/mol. The van der Waals surface area contributed by atoms with Crippen LogP contribution >= 0.6 is 11.3 Å². The minimum absolute atomic E-state index is 0.0825. The molecule has 2 aromatic heterocycles. The second kappa shape index (κ2) is 5.90. The molecule has 1 amide bonds. The van der Waals surface area contributed by atoms with E-state index in [2.05, 4.69) is 5.32 Å². The van der Waals surface area contributed by atoms with Crippen LogP contribution in [0.1, 0.15) is 9.67 Å². The minimum atomic E-state index is -0.176. The molecule has 6 heteroatoms. The van der Waals surface area contributed by atoms with Crippen molar-refractivity contribution in [3.63, 3.8) is 0 Å². The molecule has 0 aliphatic rings. The number of pyridine rings is 1. The van der Waals surface area contributed by atoms with E-state index in [0.717, 1.165) is 15.6 Å². The second-order valence-corrected chi connectivity index (χ2v) is 6.04. The highest BCUT2D eigenvalue weighted by Crippen LogP contribution is 2.30. The molecule has 114 valence electrons. The number of benzene rings is 1. The van der Waals surface area contributed by atoms with E-state index in [1.807, 2.05) is 24.3 Å². The summed E-state index contributed by atoms with van der Waals surface area (Å²) in [5.74, 6) is -0.176. The summed E-state index contributed by atoms with van der Waals surface area (Å²) in [4.78, 5) is 25.2. The molecule has 1 N–H and O–H groups in total. The summed E-state index contributed by atoms with van der Waals surface area (Å²) in [7, 11) is 3.33. The maximum atomic E-state index is 12.5. The van der Waals surface area contributed by atoms with Gasteiger partial charge in [0.05, 0.1) is 22.4 Å². The number of nitrogens with zero attached hydrogens (tertiary/aromatic N) is 1. The van der Waals surface area contributed by atoms with E-state index in [1.165, 1.54) is 11.3 Å². The van der Waals surface area contributed by atoms with E-state index in [1.54, 1.807) is 24.8 Å². The van der Waals surface area contributed by atoms with Crippen LogP contribution in [0.5, 0.6) is 0 Å². The summed E-state index contributed by atoms with van der Waals surface area (Å²) in [6, 6.07) is 9.40. The summed E-state index contributed by atoms with van der Waals surface area (Å²) in [6.07, 6.45) is 0. The molecule has 0 spiro atoms. The molecule has 5 nitrogen and oxygen atoms in total. The fourth-order valence-electron chi connectivity index (χ4n) is 2.46. The molecule has 0 radical (unpaired) electrons. The topological polar surface area (TPSA) is 60.3 Å². The van der Waals surface area contributed by atoms with Crippen LogP contribution in [0, 0.1) is 0 Å². The Labute approximate surface area is 131 Å². The zero-order valence-electron chi connectivity index (χ0n) is 12.4. The van der Waals surface area contributed by atoms with Gasteiger partial charge in [0.15, 0.2) is 0 Å². The first-order valence-electron chi connectivity index (χ1n) is 6.92. The number of amides is 1. The van der Waals surface area contributed by atoms with Gasteiger partial charge in [-0.05, 0) is 12.1 Å². The van der Waals surface area contributed by atoms with Gasteiger partial charge in [-0.3, -0.25) is 9.59 Å². The predicted molar refractivity (Wildman–Crippen MR) is 88.8 cm³/mol. The highest BCUT2D eigenvalue weighted by atomic mass is 32.1. The number of aromatic nitrogens is 1. The second-order valence-electron chi connectivity index (χ2n) is 4.98. The van der Waals surface area contributed by atoms with Crippen molar-refractivity contribution in [1.82, 2.24) is 9.88 Å². The lowest BCUT2D eigenvalue weighted by Gasteiger charge is -2.05. The number of ether oxygens (including phenoxy) is 1. The predicted octanol–water partition coefficient (Wildman–Crippen LogP) is 2.13. The Morgan fingerprint density at radius 3 is 2.86 bits per heavy atom. The van der Waals surface area contributed by atoms with Crippen molar-refractivity contribution < 1.29 is 9.53 Å². The lowest BCUT2D eigenvalue weighted by Crippen LogP contribution is -2.26. The largest absolute Gasteiger partial charge is 0.383 e. The van der Waals surface area contributed by atoms with E-state index in [4.69, 9.17) is 4.74 Å². The van der Waals surface area contributed by atoms with Crippen LogP contribution in [0.3, 0.4) is 0 Å². The van der Waals surface area contributed by atoms with Crippen LogP contribution < -0.4 is 10.9 Å². The zero-order valence-corrected chi connectivity index (χ0v) is 13.2. The molecule has 0 unspecified atom stereocenters. The van der Waals surface area contributed by atoms with Gasteiger partial charge in [-0.2, -0.15) is 0 Å².